The normalized spacial score (nSPS) is 23.5. The molecular formula is C14H24O. The van der Waals surface area contributed by atoms with Crippen LogP contribution in [0.2, 0.25) is 0 Å². The molecular weight excluding hydrogens is 184 g/mol. The second-order valence-corrected chi connectivity index (χ2v) is 5.25. The van der Waals surface area contributed by atoms with E-state index in [1.54, 1.807) is 0 Å². The quantitative estimate of drug-likeness (QED) is 0.699. The van der Waals surface area contributed by atoms with Gasteiger partial charge in [-0.3, -0.25) is 0 Å². The first kappa shape index (κ1) is 12.5. The van der Waals surface area contributed by atoms with Crippen molar-refractivity contribution in [1.82, 2.24) is 0 Å². The van der Waals surface area contributed by atoms with Gasteiger partial charge in [-0.2, -0.15) is 0 Å². The summed E-state index contributed by atoms with van der Waals surface area (Å²) in [7, 11) is 0. The minimum atomic E-state index is -0.281. The Labute approximate surface area is 93.9 Å². The lowest BCUT2D eigenvalue weighted by Crippen LogP contribution is -2.28. The molecule has 1 rings (SSSR count). The van der Waals surface area contributed by atoms with Gasteiger partial charge in [-0.25, -0.2) is 0 Å². The summed E-state index contributed by atoms with van der Waals surface area (Å²) < 4.78 is 0. The molecule has 1 heteroatoms. The van der Waals surface area contributed by atoms with Gasteiger partial charge in [0.15, 0.2) is 0 Å². The molecule has 1 aliphatic carbocycles. The minimum absolute atomic E-state index is 0.184. The van der Waals surface area contributed by atoms with Gasteiger partial charge < -0.3 is 5.11 Å². The second kappa shape index (κ2) is 4.98. The Morgan fingerprint density at radius 1 is 1.47 bits per heavy atom. The van der Waals surface area contributed by atoms with E-state index >= 15 is 0 Å². The van der Waals surface area contributed by atoms with Gasteiger partial charge in [0.1, 0.15) is 0 Å². The van der Waals surface area contributed by atoms with E-state index in [4.69, 9.17) is 0 Å². The van der Waals surface area contributed by atoms with Gasteiger partial charge in [0.05, 0.1) is 6.10 Å². The third-order valence-corrected chi connectivity index (χ3v) is 3.47. The molecule has 0 saturated carbocycles. The molecule has 0 heterocycles. The molecule has 1 N–H and O–H groups in total. The number of hydrogen-bond donors (Lipinski definition) is 1. The summed E-state index contributed by atoms with van der Waals surface area (Å²) >= 11 is 0. The molecule has 0 bridgehead atoms. The summed E-state index contributed by atoms with van der Waals surface area (Å²) in [5.41, 5.74) is 2.87. The maximum absolute atomic E-state index is 10.2. The summed E-state index contributed by atoms with van der Waals surface area (Å²) in [6.07, 6.45) is 8.16. The van der Waals surface area contributed by atoms with Crippen LogP contribution in [0.15, 0.2) is 23.3 Å². The van der Waals surface area contributed by atoms with Gasteiger partial charge in [-0.1, -0.05) is 31.6 Å². The van der Waals surface area contributed by atoms with Crippen LogP contribution < -0.4 is 0 Å². The molecule has 1 nitrogen and oxygen atoms in total. The summed E-state index contributed by atoms with van der Waals surface area (Å²) in [4.78, 5) is 0. The Morgan fingerprint density at radius 3 is 2.67 bits per heavy atom. The third-order valence-electron chi connectivity index (χ3n) is 3.47. The van der Waals surface area contributed by atoms with Crippen LogP contribution in [0.1, 0.15) is 53.4 Å². The monoisotopic (exact) mass is 208 g/mol. The van der Waals surface area contributed by atoms with E-state index in [1.165, 1.54) is 24.0 Å². The first-order valence-electron chi connectivity index (χ1n) is 5.98. The van der Waals surface area contributed by atoms with Crippen LogP contribution in [0.3, 0.4) is 0 Å². The van der Waals surface area contributed by atoms with Gasteiger partial charge >= 0.3 is 0 Å². The second-order valence-electron chi connectivity index (χ2n) is 5.25. The molecule has 1 aliphatic rings. The Balaban J connectivity index is 2.87. The van der Waals surface area contributed by atoms with E-state index in [-0.39, 0.29) is 11.5 Å². The van der Waals surface area contributed by atoms with E-state index in [0.717, 1.165) is 12.8 Å². The van der Waals surface area contributed by atoms with Crippen LogP contribution >= 0.6 is 0 Å². The molecule has 0 fully saturated rings. The van der Waals surface area contributed by atoms with E-state index in [0.29, 0.717) is 0 Å². The highest BCUT2D eigenvalue weighted by molar-refractivity contribution is 5.26. The number of hydrogen-bond acceptors (Lipinski definition) is 1. The largest absolute Gasteiger partial charge is 0.388 e. The average molecular weight is 208 g/mol. The standard InChI is InChI=1S/C14H24O/c1-5-6-9-12(15)13-11(2)8-7-10-14(13,3)4/h5-6,12,15H,7-10H2,1-4H3/b6-5+/t12-/m1/s1. The van der Waals surface area contributed by atoms with Crippen molar-refractivity contribution in [3.8, 4) is 0 Å². The number of aliphatic hydroxyl groups is 1. The molecule has 0 unspecified atom stereocenters. The zero-order valence-electron chi connectivity index (χ0n) is 10.5. The van der Waals surface area contributed by atoms with Crippen molar-refractivity contribution < 1.29 is 5.11 Å². The van der Waals surface area contributed by atoms with Crippen molar-refractivity contribution in [2.45, 2.75) is 59.5 Å². The Hall–Kier alpha value is -0.560. The summed E-state index contributed by atoms with van der Waals surface area (Å²) in [5.74, 6) is 0. The van der Waals surface area contributed by atoms with Gasteiger partial charge in [0.2, 0.25) is 0 Å². The zero-order valence-corrected chi connectivity index (χ0v) is 10.5. The van der Waals surface area contributed by atoms with Crippen LogP contribution in [0.25, 0.3) is 0 Å². The molecule has 0 radical (unpaired) electrons. The molecule has 0 amide bonds. The zero-order chi connectivity index (χ0) is 11.5. The molecule has 0 aliphatic heterocycles. The lowest BCUT2D eigenvalue weighted by molar-refractivity contribution is 0.171. The fraction of sp³-hybridized carbons (Fsp3) is 0.714. The van der Waals surface area contributed by atoms with Crippen LogP contribution in [-0.2, 0) is 0 Å². The van der Waals surface area contributed by atoms with Gasteiger partial charge in [0, 0.05) is 0 Å². The molecule has 1 atom stereocenters. The van der Waals surface area contributed by atoms with E-state index in [1.807, 2.05) is 13.0 Å². The fourth-order valence-electron chi connectivity index (χ4n) is 2.76. The van der Waals surface area contributed by atoms with E-state index in [9.17, 15) is 5.11 Å². The lowest BCUT2D eigenvalue weighted by Gasteiger charge is -2.37. The predicted molar refractivity (Wildman–Crippen MR) is 65.8 cm³/mol. The molecule has 86 valence electrons. The molecule has 0 spiro atoms. The Bertz CT molecular complexity index is 271. The minimum Gasteiger partial charge on any atom is -0.388 e. The van der Waals surface area contributed by atoms with Gasteiger partial charge in [0.25, 0.3) is 0 Å². The number of rotatable bonds is 3. The Kier molecular flexibility index (Phi) is 4.15. The maximum atomic E-state index is 10.2. The predicted octanol–water partition coefficient (Wildman–Crippen LogP) is 3.84. The topological polar surface area (TPSA) is 20.2 Å². The van der Waals surface area contributed by atoms with Gasteiger partial charge in [-0.15, -0.1) is 0 Å². The molecule has 0 aromatic carbocycles. The molecule has 0 aromatic rings. The number of aliphatic hydroxyl groups excluding tert-OH is 1. The van der Waals surface area contributed by atoms with E-state index < -0.39 is 0 Å². The number of allylic oxidation sites excluding steroid dienone is 2. The van der Waals surface area contributed by atoms with Crippen molar-refractivity contribution in [3.05, 3.63) is 23.3 Å². The first-order chi connectivity index (χ1) is 6.99. The van der Waals surface area contributed by atoms with Crippen LogP contribution in [0, 0.1) is 5.41 Å². The molecule has 0 aromatic heterocycles. The van der Waals surface area contributed by atoms with Crippen LogP contribution in [0.5, 0.6) is 0 Å². The summed E-state index contributed by atoms with van der Waals surface area (Å²) in [6, 6.07) is 0. The van der Waals surface area contributed by atoms with Gasteiger partial charge in [-0.05, 0) is 50.5 Å². The van der Waals surface area contributed by atoms with Crippen molar-refractivity contribution >= 4 is 0 Å². The van der Waals surface area contributed by atoms with Crippen molar-refractivity contribution in [1.29, 1.82) is 0 Å². The highest BCUT2D eigenvalue weighted by atomic mass is 16.3. The molecule has 15 heavy (non-hydrogen) atoms. The van der Waals surface area contributed by atoms with Crippen molar-refractivity contribution in [2.24, 2.45) is 5.41 Å². The first-order valence-corrected chi connectivity index (χ1v) is 5.98. The third kappa shape index (κ3) is 2.94. The Morgan fingerprint density at radius 2 is 2.13 bits per heavy atom. The smallest absolute Gasteiger partial charge is 0.0792 e. The summed E-state index contributed by atoms with van der Waals surface area (Å²) in [5, 5.41) is 10.2. The van der Waals surface area contributed by atoms with Crippen LogP contribution in [-0.4, -0.2) is 11.2 Å². The highest BCUT2D eigenvalue weighted by Gasteiger charge is 2.31. The average Bonchev–Trinajstić information content (AvgIpc) is 2.13. The van der Waals surface area contributed by atoms with E-state index in [2.05, 4.69) is 26.8 Å². The maximum Gasteiger partial charge on any atom is 0.0792 e. The SMILES string of the molecule is C/C=C/C[C@@H](O)C1=C(C)CCCC1(C)C. The van der Waals surface area contributed by atoms with Crippen LogP contribution in [0.4, 0.5) is 0 Å². The molecule has 0 saturated heterocycles. The summed E-state index contributed by atoms with van der Waals surface area (Å²) in [6.45, 7) is 8.68. The fourth-order valence-corrected chi connectivity index (χ4v) is 2.76. The highest BCUT2D eigenvalue weighted by Crippen LogP contribution is 2.42. The van der Waals surface area contributed by atoms with Crippen molar-refractivity contribution in [3.63, 3.8) is 0 Å². The van der Waals surface area contributed by atoms with Crippen molar-refractivity contribution in [2.75, 3.05) is 0 Å². The lowest BCUT2D eigenvalue weighted by atomic mass is 9.70.